The molecule has 0 fully saturated rings. The summed E-state index contributed by atoms with van der Waals surface area (Å²) in [4.78, 5) is 12.9. The van der Waals surface area contributed by atoms with E-state index in [1.54, 1.807) is 0 Å². The van der Waals surface area contributed by atoms with Crippen LogP contribution in [0, 0.1) is 0 Å². The van der Waals surface area contributed by atoms with Crippen molar-refractivity contribution in [2.24, 2.45) is 0 Å². The molecule has 3 rings (SSSR count). The molecule has 0 spiro atoms. The fraction of sp³-hybridized carbons (Fsp3) is 0.618. The fourth-order valence-corrected chi connectivity index (χ4v) is 5.27. The Hall–Kier alpha value is -2.57. The maximum atomic E-state index is 12.9. The van der Waals surface area contributed by atoms with E-state index >= 15 is 0 Å². The van der Waals surface area contributed by atoms with Gasteiger partial charge in [0.2, 0.25) is 5.91 Å². The number of benzene rings is 2. The third kappa shape index (κ3) is 12.3. The van der Waals surface area contributed by atoms with Crippen LogP contribution in [0.15, 0.2) is 48.5 Å². The van der Waals surface area contributed by atoms with Crippen LogP contribution in [0.3, 0.4) is 0 Å². The van der Waals surface area contributed by atoms with Crippen LogP contribution in [0.4, 0.5) is 0 Å². The van der Waals surface area contributed by atoms with Gasteiger partial charge in [-0.25, -0.2) is 0 Å². The van der Waals surface area contributed by atoms with Crippen LogP contribution in [0.5, 0.6) is 11.5 Å². The molecule has 2 aromatic rings. The van der Waals surface area contributed by atoms with Crippen molar-refractivity contribution in [3.63, 3.8) is 0 Å². The highest BCUT2D eigenvalue weighted by Gasteiger charge is 2.24. The van der Waals surface area contributed by atoms with E-state index < -0.39 is 12.1 Å². The van der Waals surface area contributed by atoms with Gasteiger partial charge in [-0.15, -0.1) is 0 Å². The first-order valence-corrected chi connectivity index (χ1v) is 15.8. The maximum Gasteiger partial charge on any atom is 0.220 e. The highest BCUT2D eigenvalue weighted by atomic mass is 16.6. The van der Waals surface area contributed by atoms with Gasteiger partial charge in [-0.05, 0) is 29.7 Å². The average molecular weight is 553 g/mol. The van der Waals surface area contributed by atoms with Crippen molar-refractivity contribution >= 4 is 5.91 Å². The standard InChI is InChI=1S/C34H52N2O4/c1-2-3-4-5-6-7-8-9-10-11-12-13-17-20-33(37)36-30(27-35-26-28-18-15-14-16-19-28)34(38)29-21-22-31-32(25-29)40-24-23-39-31/h14-16,18-19,21-22,25,30,34-35,38H,2-13,17,20,23-24,26-27H2,1H3,(H,36,37)/t30-,34-/m1/s1. The van der Waals surface area contributed by atoms with Gasteiger partial charge in [-0.3, -0.25) is 4.79 Å². The van der Waals surface area contributed by atoms with E-state index in [1.165, 1.54) is 70.6 Å². The number of aliphatic hydroxyl groups excluding tert-OH is 1. The second-order valence-corrected chi connectivity index (χ2v) is 11.1. The average Bonchev–Trinajstić information content (AvgIpc) is 2.99. The SMILES string of the molecule is CCCCCCCCCCCCCCCC(=O)N[C@H](CNCc1ccccc1)[C@H](O)c1ccc2c(c1)OCCO2. The van der Waals surface area contributed by atoms with Gasteiger partial charge >= 0.3 is 0 Å². The molecule has 222 valence electrons. The lowest BCUT2D eigenvalue weighted by atomic mass is 10.0. The zero-order valence-electron chi connectivity index (χ0n) is 24.7. The molecule has 3 N–H and O–H groups in total. The van der Waals surface area contributed by atoms with Crippen LogP contribution < -0.4 is 20.1 Å². The molecule has 1 aliphatic rings. The Balaban J connectivity index is 1.38. The highest BCUT2D eigenvalue weighted by Crippen LogP contribution is 2.33. The molecule has 2 atom stereocenters. The Morgan fingerprint density at radius 1 is 0.800 bits per heavy atom. The number of hydrogen-bond acceptors (Lipinski definition) is 5. The molecule has 1 aliphatic heterocycles. The quantitative estimate of drug-likeness (QED) is 0.142. The van der Waals surface area contributed by atoms with Crippen molar-refractivity contribution in [2.45, 2.75) is 116 Å². The Morgan fingerprint density at radius 2 is 1.40 bits per heavy atom. The van der Waals surface area contributed by atoms with Crippen molar-refractivity contribution in [1.29, 1.82) is 0 Å². The molecule has 1 heterocycles. The smallest absolute Gasteiger partial charge is 0.220 e. The number of aliphatic hydroxyl groups is 1. The van der Waals surface area contributed by atoms with E-state index in [-0.39, 0.29) is 5.91 Å². The molecule has 0 radical (unpaired) electrons. The van der Waals surface area contributed by atoms with E-state index in [0.717, 1.165) is 18.4 Å². The van der Waals surface area contributed by atoms with Crippen molar-refractivity contribution in [3.05, 3.63) is 59.7 Å². The molecular formula is C34H52N2O4. The third-order valence-electron chi connectivity index (χ3n) is 7.68. The Bertz CT molecular complexity index is 952. The molecule has 2 aromatic carbocycles. The third-order valence-corrected chi connectivity index (χ3v) is 7.68. The van der Waals surface area contributed by atoms with E-state index in [1.807, 2.05) is 36.4 Å². The summed E-state index contributed by atoms with van der Waals surface area (Å²) in [6.45, 7) is 4.40. The molecule has 0 aliphatic carbocycles. The molecule has 0 unspecified atom stereocenters. The summed E-state index contributed by atoms with van der Waals surface area (Å²) in [7, 11) is 0. The summed E-state index contributed by atoms with van der Waals surface area (Å²) < 4.78 is 11.3. The summed E-state index contributed by atoms with van der Waals surface area (Å²) >= 11 is 0. The van der Waals surface area contributed by atoms with Gasteiger partial charge in [0.05, 0.1) is 6.04 Å². The molecule has 6 nitrogen and oxygen atoms in total. The number of amides is 1. The molecule has 0 saturated heterocycles. The summed E-state index contributed by atoms with van der Waals surface area (Å²) in [5, 5.41) is 17.8. The van der Waals surface area contributed by atoms with E-state index in [2.05, 4.69) is 29.7 Å². The largest absolute Gasteiger partial charge is 0.486 e. The molecule has 0 bridgehead atoms. The minimum atomic E-state index is -0.866. The van der Waals surface area contributed by atoms with Crippen molar-refractivity contribution in [1.82, 2.24) is 10.6 Å². The van der Waals surface area contributed by atoms with Gasteiger partial charge < -0.3 is 25.2 Å². The van der Waals surface area contributed by atoms with E-state index in [9.17, 15) is 9.90 Å². The van der Waals surface area contributed by atoms with Crippen LogP contribution >= 0.6 is 0 Å². The Labute approximate surface area is 242 Å². The molecule has 6 heteroatoms. The molecule has 0 saturated carbocycles. The summed E-state index contributed by atoms with van der Waals surface area (Å²) in [6, 6.07) is 15.2. The number of nitrogens with one attached hydrogen (secondary N) is 2. The van der Waals surface area contributed by atoms with Crippen LogP contribution in [-0.4, -0.2) is 36.8 Å². The lowest BCUT2D eigenvalue weighted by Crippen LogP contribution is -2.45. The van der Waals surface area contributed by atoms with Gasteiger partial charge in [0.1, 0.15) is 19.3 Å². The van der Waals surface area contributed by atoms with Gasteiger partial charge in [0.15, 0.2) is 11.5 Å². The molecule has 40 heavy (non-hydrogen) atoms. The maximum absolute atomic E-state index is 12.9. The molecule has 0 aromatic heterocycles. The van der Waals surface area contributed by atoms with Crippen LogP contribution in [0.25, 0.3) is 0 Å². The van der Waals surface area contributed by atoms with Crippen molar-refractivity contribution < 1.29 is 19.4 Å². The van der Waals surface area contributed by atoms with Gasteiger partial charge in [0, 0.05) is 19.5 Å². The minimum Gasteiger partial charge on any atom is -0.486 e. The zero-order valence-corrected chi connectivity index (χ0v) is 24.7. The number of ether oxygens (including phenoxy) is 2. The Kier molecular flexibility index (Phi) is 15.6. The second kappa shape index (κ2) is 19.5. The molecular weight excluding hydrogens is 500 g/mol. The number of carbonyl (C=O) groups excluding carboxylic acids is 1. The zero-order chi connectivity index (χ0) is 28.3. The van der Waals surface area contributed by atoms with E-state index in [0.29, 0.717) is 49.8 Å². The Morgan fingerprint density at radius 3 is 2.05 bits per heavy atom. The number of hydrogen-bond donors (Lipinski definition) is 3. The lowest BCUT2D eigenvalue weighted by molar-refractivity contribution is -0.122. The minimum absolute atomic E-state index is 0.00817. The van der Waals surface area contributed by atoms with E-state index in [4.69, 9.17) is 9.47 Å². The first-order valence-electron chi connectivity index (χ1n) is 15.8. The first kappa shape index (κ1) is 32.0. The number of fused-ring (bicyclic) bond motifs is 1. The summed E-state index contributed by atoms with van der Waals surface area (Å²) in [5.41, 5.74) is 1.87. The van der Waals surface area contributed by atoms with Crippen LogP contribution in [-0.2, 0) is 11.3 Å². The summed E-state index contributed by atoms with van der Waals surface area (Å²) in [5.74, 6) is 1.32. The monoisotopic (exact) mass is 552 g/mol. The van der Waals surface area contributed by atoms with Crippen molar-refractivity contribution in [3.8, 4) is 11.5 Å². The van der Waals surface area contributed by atoms with Crippen LogP contribution in [0.2, 0.25) is 0 Å². The number of carbonyl (C=O) groups is 1. The fourth-order valence-electron chi connectivity index (χ4n) is 5.27. The topological polar surface area (TPSA) is 79.8 Å². The number of rotatable bonds is 21. The first-order chi connectivity index (χ1) is 19.7. The van der Waals surface area contributed by atoms with Crippen LogP contribution in [0.1, 0.15) is 114 Å². The molecule has 1 amide bonds. The lowest BCUT2D eigenvalue weighted by Gasteiger charge is -2.26. The van der Waals surface area contributed by atoms with Gasteiger partial charge in [-0.1, -0.05) is 120 Å². The number of unbranched alkanes of at least 4 members (excludes halogenated alkanes) is 12. The van der Waals surface area contributed by atoms with Crippen molar-refractivity contribution in [2.75, 3.05) is 19.8 Å². The second-order valence-electron chi connectivity index (χ2n) is 11.1. The van der Waals surface area contributed by atoms with Gasteiger partial charge in [0.25, 0.3) is 0 Å². The predicted octanol–water partition coefficient (Wildman–Crippen LogP) is 7.25. The normalized spacial score (nSPS) is 14.1. The predicted molar refractivity (Wildman–Crippen MR) is 163 cm³/mol. The van der Waals surface area contributed by atoms with Gasteiger partial charge in [-0.2, -0.15) is 0 Å². The summed E-state index contributed by atoms with van der Waals surface area (Å²) in [6.07, 6.45) is 16.3. The highest BCUT2D eigenvalue weighted by molar-refractivity contribution is 5.76.